The SMILES string of the molecule is CCCCCNC(=O)Nc1cn(C)c2ccccc12. The number of rotatable bonds is 5. The van der Waals surface area contributed by atoms with Crippen LogP contribution in [-0.2, 0) is 7.05 Å². The number of anilines is 1. The largest absolute Gasteiger partial charge is 0.348 e. The fourth-order valence-electron chi connectivity index (χ4n) is 2.18. The normalized spacial score (nSPS) is 10.6. The summed E-state index contributed by atoms with van der Waals surface area (Å²) in [6.45, 7) is 2.88. The van der Waals surface area contributed by atoms with Gasteiger partial charge in [-0.25, -0.2) is 4.79 Å². The van der Waals surface area contributed by atoms with Gasteiger partial charge >= 0.3 is 6.03 Å². The predicted octanol–water partition coefficient (Wildman–Crippen LogP) is 3.49. The third kappa shape index (κ3) is 3.28. The lowest BCUT2D eigenvalue weighted by molar-refractivity contribution is 0.252. The number of para-hydroxylation sites is 1. The van der Waals surface area contributed by atoms with Crippen molar-refractivity contribution < 1.29 is 4.79 Å². The summed E-state index contributed by atoms with van der Waals surface area (Å²) in [6, 6.07) is 7.90. The molecule has 0 unspecified atom stereocenters. The minimum atomic E-state index is -0.132. The Hall–Kier alpha value is -1.97. The van der Waals surface area contributed by atoms with E-state index in [1.807, 2.05) is 42.1 Å². The molecule has 1 aromatic heterocycles. The summed E-state index contributed by atoms with van der Waals surface area (Å²) in [4.78, 5) is 11.8. The standard InChI is InChI=1S/C15H21N3O/c1-3-4-7-10-16-15(19)17-13-11-18(2)14-9-6-5-8-12(13)14/h5-6,8-9,11H,3-4,7,10H2,1-2H3,(H2,16,17,19). The Morgan fingerprint density at radius 2 is 2.05 bits per heavy atom. The summed E-state index contributed by atoms with van der Waals surface area (Å²) in [5.41, 5.74) is 1.97. The van der Waals surface area contributed by atoms with Crippen molar-refractivity contribution in [2.24, 2.45) is 7.05 Å². The molecule has 1 heterocycles. The number of carbonyl (C=O) groups is 1. The van der Waals surface area contributed by atoms with Crippen LogP contribution in [-0.4, -0.2) is 17.1 Å². The maximum atomic E-state index is 11.8. The van der Waals surface area contributed by atoms with Crippen LogP contribution in [0, 0.1) is 0 Å². The number of amides is 2. The van der Waals surface area contributed by atoms with Gasteiger partial charge in [-0.1, -0.05) is 38.0 Å². The van der Waals surface area contributed by atoms with E-state index in [9.17, 15) is 4.79 Å². The Morgan fingerprint density at radius 1 is 1.26 bits per heavy atom. The number of aryl methyl sites for hydroxylation is 1. The highest BCUT2D eigenvalue weighted by Crippen LogP contribution is 2.24. The van der Waals surface area contributed by atoms with Crippen LogP contribution >= 0.6 is 0 Å². The molecule has 2 amide bonds. The average molecular weight is 259 g/mol. The van der Waals surface area contributed by atoms with Crippen molar-refractivity contribution >= 4 is 22.6 Å². The number of urea groups is 1. The van der Waals surface area contributed by atoms with E-state index < -0.39 is 0 Å². The molecule has 2 rings (SSSR count). The number of nitrogens with zero attached hydrogens (tertiary/aromatic N) is 1. The smallest absolute Gasteiger partial charge is 0.319 e. The minimum absolute atomic E-state index is 0.132. The van der Waals surface area contributed by atoms with Gasteiger partial charge in [0.2, 0.25) is 0 Å². The summed E-state index contributed by atoms with van der Waals surface area (Å²) < 4.78 is 2.02. The van der Waals surface area contributed by atoms with Crippen LogP contribution in [0.2, 0.25) is 0 Å². The van der Waals surface area contributed by atoms with Crippen LogP contribution in [0.3, 0.4) is 0 Å². The highest BCUT2D eigenvalue weighted by Gasteiger charge is 2.08. The van der Waals surface area contributed by atoms with Crippen LogP contribution < -0.4 is 10.6 Å². The van der Waals surface area contributed by atoms with E-state index in [0.717, 1.165) is 42.4 Å². The molecule has 0 radical (unpaired) electrons. The van der Waals surface area contributed by atoms with Gasteiger partial charge in [-0.15, -0.1) is 0 Å². The van der Waals surface area contributed by atoms with Gasteiger partial charge in [-0.05, 0) is 12.5 Å². The molecule has 2 aromatic rings. The summed E-state index contributed by atoms with van der Waals surface area (Å²) in [5.74, 6) is 0. The number of benzene rings is 1. The van der Waals surface area contributed by atoms with Gasteiger partial charge in [0, 0.05) is 30.7 Å². The third-order valence-corrected chi connectivity index (χ3v) is 3.21. The Balaban J connectivity index is 1.99. The van der Waals surface area contributed by atoms with Gasteiger partial charge in [-0.2, -0.15) is 0 Å². The second kappa shape index (κ2) is 6.27. The minimum Gasteiger partial charge on any atom is -0.348 e. The molecule has 0 bridgehead atoms. The van der Waals surface area contributed by atoms with E-state index in [2.05, 4.69) is 17.6 Å². The molecule has 0 aliphatic rings. The first kappa shape index (κ1) is 13.5. The summed E-state index contributed by atoms with van der Waals surface area (Å²) in [5, 5.41) is 6.86. The highest BCUT2D eigenvalue weighted by molar-refractivity contribution is 6.01. The van der Waals surface area contributed by atoms with Gasteiger partial charge in [0.1, 0.15) is 0 Å². The molecule has 0 saturated carbocycles. The van der Waals surface area contributed by atoms with Crippen molar-refractivity contribution in [3.8, 4) is 0 Å². The Bertz CT molecular complexity index is 560. The van der Waals surface area contributed by atoms with Crippen molar-refractivity contribution in [1.82, 2.24) is 9.88 Å². The number of nitrogens with one attached hydrogen (secondary N) is 2. The van der Waals surface area contributed by atoms with Crippen molar-refractivity contribution in [2.75, 3.05) is 11.9 Å². The van der Waals surface area contributed by atoms with E-state index in [0.29, 0.717) is 0 Å². The molecule has 1 aromatic carbocycles. The second-order valence-electron chi connectivity index (χ2n) is 4.76. The first-order valence-corrected chi connectivity index (χ1v) is 6.81. The zero-order valence-corrected chi connectivity index (χ0v) is 11.6. The van der Waals surface area contributed by atoms with E-state index in [-0.39, 0.29) is 6.03 Å². The van der Waals surface area contributed by atoms with Crippen molar-refractivity contribution in [2.45, 2.75) is 26.2 Å². The topological polar surface area (TPSA) is 46.1 Å². The molecule has 0 spiro atoms. The maximum Gasteiger partial charge on any atom is 0.319 e. The molecular weight excluding hydrogens is 238 g/mol. The number of hydrogen-bond donors (Lipinski definition) is 2. The average Bonchev–Trinajstić information content (AvgIpc) is 2.72. The molecule has 4 heteroatoms. The molecule has 0 saturated heterocycles. The molecule has 0 atom stereocenters. The molecule has 19 heavy (non-hydrogen) atoms. The monoisotopic (exact) mass is 259 g/mol. The van der Waals surface area contributed by atoms with E-state index in [1.54, 1.807) is 0 Å². The van der Waals surface area contributed by atoms with Crippen LogP contribution in [0.4, 0.5) is 10.5 Å². The fraction of sp³-hybridized carbons (Fsp3) is 0.400. The Kier molecular flexibility index (Phi) is 4.44. The first-order valence-electron chi connectivity index (χ1n) is 6.81. The van der Waals surface area contributed by atoms with Gasteiger partial charge in [-0.3, -0.25) is 0 Å². The third-order valence-electron chi connectivity index (χ3n) is 3.21. The van der Waals surface area contributed by atoms with Gasteiger partial charge in [0.15, 0.2) is 0 Å². The lowest BCUT2D eigenvalue weighted by atomic mass is 10.2. The maximum absolute atomic E-state index is 11.8. The molecular formula is C15H21N3O. The van der Waals surface area contributed by atoms with Crippen LogP contribution in [0.1, 0.15) is 26.2 Å². The molecule has 0 aliphatic heterocycles. The Labute approximate surface area is 113 Å². The predicted molar refractivity (Wildman–Crippen MR) is 79.5 cm³/mol. The molecule has 0 aliphatic carbocycles. The van der Waals surface area contributed by atoms with Crippen LogP contribution in [0.25, 0.3) is 10.9 Å². The lowest BCUT2D eigenvalue weighted by Gasteiger charge is -2.06. The van der Waals surface area contributed by atoms with E-state index in [1.165, 1.54) is 0 Å². The highest BCUT2D eigenvalue weighted by atomic mass is 16.2. The van der Waals surface area contributed by atoms with E-state index >= 15 is 0 Å². The lowest BCUT2D eigenvalue weighted by Crippen LogP contribution is -2.29. The number of hydrogen-bond acceptors (Lipinski definition) is 1. The van der Waals surface area contributed by atoms with E-state index in [4.69, 9.17) is 0 Å². The molecule has 0 fully saturated rings. The van der Waals surface area contributed by atoms with Crippen molar-refractivity contribution in [3.05, 3.63) is 30.5 Å². The number of unbranched alkanes of at least 4 members (excludes halogenated alkanes) is 2. The quantitative estimate of drug-likeness (QED) is 0.793. The number of aromatic nitrogens is 1. The second-order valence-corrected chi connectivity index (χ2v) is 4.76. The summed E-state index contributed by atoms with van der Waals surface area (Å²) in [6.07, 6.45) is 5.27. The summed E-state index contributed by atoms with van der Waals surface area (Å²) >= 11 is 0. The zero-order chi connectivity index (χ0) is 13.7. The molecule has 102 valence electrons. The first-order chi connectivity index (χ1) is 9.22. The fourth-order valence-corrected chi connectivity index (χ4v) is 2.18. The van der Waals surface area contributed by atoms with Gasteiger partial charge < -0.3 is 15.2 Å². The van der Waals surface area contributed by atoms with Gasteiger partial charge in [0.25, 0.3) is 0 Å². The Morgan fingerprint density at radius 3 is 2.84 bits per heavy atom. The van der Waals surface area contributed by atoms with Crippen molar-refractivity contribution in [1.29, 1.82) is 0 Å². The van der Waals surface area contributed by atoms with Crippen LogP contribution in [0.5, 0.6) is 0 Å². The zero-order valence-electron chi connectivity index (χ0n) is 11.6. The molecule has 4 nitrogen and oxygen atoms in total. The van der Waals surface area contributed by atoms with Gasteiger partial charge in [0.05, 0.1) is 5.69 Å². The van der Waals surface area contributed by atoms with Crippen molar-refractivity contribution in [3.63, 3.8) is 0 Å². The molecule has 2 N–H and O–H groups in total. The number of carbonyl (C=O) groups excluding carboxylic acids is 1. The van der Waals surface area contributed by atoms with Crippen LogP contribution in [0.15, 0.2) is 30.5 Å². The summed E-state index contributed by atoms with van der Waals surface area (Å²) in [7, 11) is 1.98. The number of fused-ring (bicyclic) bond motifs is 1.